The Bertz CT molecular complexity index is 21.0. The maximum atomic E-state index is 3.60. The molecule has 0 aliphatic rings. The van der Waals surface area contributed by atoms with Crippen molar-refractivity contribution in [2.45, 2.75) is 40.5 Å². The van der Waals surface area contributed by atoms with Gasteiger partial charge in [0, 0.05) is 32.7 Å². The van der Waals surface area contributed by atoms with Crippen molar-refractivity contribution >= 4 is 0 Å². The van der Waals surface area contributed by atoms with Crippen LogP contribution in [0.5, 0.6) is 0 Å². The maximum absolute atomic E-state index is 3.60. The van der Waals surface area contributed by atoms with E-state index >= 15 is 0 Å². The minimum atomic E-state index is 0. The zero-order valence-corrected chi connectivity index (χ0v) is 10.0. The van der Waals surface area contributed by atoms with E-state index in [0.717, 1.165) is 6.42 Å². The van der Waals surface area contributed by atoms with E-state index < -0.39 is 0 Å². The van der Waals surface area contributed by atoms with Crippen LogP contribution >= 0.6 is 0 Å². The first kappa shape index (κ1) is 16.6. The third-order valence-corrected chi connectivity index (χ3v) is 0.354. The SMILES string of the molecule is C[C-](C)C.[CH2-]CCC.[Y]. The summed E-state index contributed by atoms with van der Waals surface area (Å²) >= 11 is 0. The van der Waals surface area contributed by atoms with E-state index in [1.165, 1.54) is 12.3 Å². The van der Waals surface area contributed by atoms with Crippen LogP contribution in [0.4, 0.5) is 0 Å². The zero-order valence-electron chi connectivity index (χ0n) is 7.20. The van der Waals surface area contributed by atoms with E-state index in [9.17, 15) is 0 Å². The second kappa shape index (κ2) is 16.0. The molecule has 0 amide bonds. The van der Waals surface area contributed by atoms with Crippen LogP contribution in [0.3, 0.4) is 0 Å². The van der Waals surface area contributed by atoms with Gasteiger partial charge in [-0.3, -0.25) is 0 Å². The fraction of sp³-hybridized carbons (Fsp3) is 0.750. The first-order chi connectivity index (χ1) is 3.65. The molecule has 55 valence electrons. The van der Waals surface area contributed by atoms with E-state index in [0.29, 0.717) is 0 Å². The molecule has 0 aromatic rings. The van der Waals surface area contributed by atoms with Gasteiger partial charge in [-0.2, -0.15) is 27.2 Å². The van der Waals surface area contributed by atoms with Crippen LogP contribution in [0.25, 0.3) is 0 Å². The van der Waals surface area contributed by atoms with Gasteiger partial charge >= 0.3 is 0 Å². The largest absolute Gasteiger partial charge is 0.343 e. The van der Waals surface area contributed by atoms with Crippen molar-refractivity contribution in [1.29, 1.82) is 0 Å². The van der Waals surface area contributed by atoms with E-state index in [4.69, 9.17) is 0 Å². The van der Waals surface area contributed by atoms with Gasteiger partial charge in [-0.05, 0) is 0 Å². The predicted molar refractivity (Wildman–Crippen MR) is 40.5 cm³/mol. The number of hydrogen-bond acceptors (Lipinski definition) is 0. The Morgan fingerprint density at radius 1 is 1.22 bits per heavy atom. The van der Waals surface area contributed by atoms with Crippen molar-refractivity contribution < 1.29 is 32.7 Å². The Morgan fingerprint density at radius 2 is 1.33 bits per heavy atom. The molecule has 0 aromatic carbocycles. The molecule has 0 nitrogen and oxygen atoms in total. The summed E-state index contributed by atoms with van der Waals surface area (Å²) in [6.07, 6.45) is 2.28. The average molecular weight is 203 g/mol. The number of hydrogen-bond donors (Lipinski definition) is 0. The molecule has 1 radical (unpaired) electrons. The van der Waals surface area contributed by atoms with Crippen LogP contribution in [0.2, 0.25) is 0 Å². The van der Waals surface area contributed by atoms with Crippen LogP contribution in [-0.4, -0.2) is 0 Å². The Hall–Kier alpha value is 1.10. The molecule has 0 aliphatic carbocycles. The quantitative estimate of drug-likeness (QED) is 0.574. The van der Waals surface area contributed by atoms with E-state index in [1.54, 1.807) is 0 Å². The summed E-state index contributed by atoms with van der Waals surface area (Å²) in [6.45, 7) is 12.0. The minimum absolute atomic E-state index is 0. The molecule has 9 heavy (non-hydrogen) atoms. The van der Waals surface area contributed by atoms with Gasteiger partial charge in [0.15, 0.2) is 0 Å². The molecular weight excluding hydrogens is 185 g/mol. The van der Waals surface area contributed by atoms with Crippen molar-refractivity contribution in [3.8, 4) is 0 Å². The maximum Gasteiger partial charge on any atom is 0 e. The van der Waals surface area contributed by atoms with Crippen molar-refractivity contribution in [2.24, 2.45) is 0 Å². The van der Waals surface area contributed by atoms with Crippen molar-refractivity contribution in [2.75, 3.05) is 0 Å². The summed E-state index contributed by atoms with van der Waals surface area (Å²) in [6, 6.07) is 0. The van der Waals surface area contributed by atoms with Crippen LogP contribution in [-0.2, 0) is 32.7 Å². The van der Waals surface area contributed by atoms with Gasteiger partial charge in [0.05, 0.1) is 0 Å². The van der Waals surface area contributed by atoms with Gasteiger partial charge in [-0.15, -0.1) is 0 Å². The first-order valence-electron chi connectivity index (χ1n) is 3.21. The molecule has 0 saturated carbocycles. The number of rotatable bonds is 1. The summed E-state index contributed by atoms with van der Waals surface area (Å²) in [5.74, 6) is 1.42. The topological polar surface area (TPSA) is 0 Å². The van der Waals surface area contributed by atoms with Crippen molar-refractivity contribution in [3.63, 3.8) is 0 Å². The molecule has 0 unspecified atom stereocenters. The van der Waals surface area contributed by atoms with Crippen LogP contribution < -0.4 is 0 Å². The molecule has 0 rings (SSSR count). The van der Waals surface area contributed by atoms with Crippen LogP contribution in [0.1, 0.15) is 40.5 Å². The second-order valence-electron chi connectivity index (χ2n) is 2.35. The smallest absolute Gasteiger partial charge is 0 e. The van der Waals surface area contributed by atoms with Gasteiger partial charge in [-0.25, -0.2) is 0 Å². The van der Waals surface area contributed by atoms with Gasteiger partial charge in [-0.1, -0.05) is 13.3 Å². The van der Waals surface area contributed by atoms with Gasteiger partial charge in [0.2, 0.25) is 0 Å². The van der Waals surface area contributed by atoms with E-state index in [2.05, 4.69) is 34.6 Å². The Morgan fingerprint density at radius 3 is 1.33 bits per heavy atom. The monoisotopic (exact) mass is 203 g/mol. The van der Waals surface area contributed by atoms with E-state index in [1.807, 2.05) is 0 Å². The molecule has 0 atom stereocenters. The fourth-order valence-corrected chi connectivity index (χ4v) is 0. The fourth-order valence-electron chi connectivity index (χ4n) is 0. The summed E-state index contributed by atoms with van der Waals surface area (Å²) in [5, 5.41) is 0. The summed E-state index contributed by atoms with van der Waals surface area (Å²) < 4.78 is 0. The van der Waals surface area contributed by atoms with Crippen molar-refractivity contribution in [3.05, 3.63) is 12.8 Å². The number of unbranched alkanes of at least 4 members (excludes halogenated alkanes) is 1. The first-order valence-corrected chi connectivity index (χ1v) is 3.21. The standard InChI is InChI=1S/2C4H9.Y/c1-4(2)3;1-3-4-2;/h1-3H3;1,3-4H2,2H3;/q2*-1;. The molecule has 0 bridgehead atoms. The molecule has 0 fully saturated rings. The Kier molecular flexibility index (Phi) is 29.6. The zero-order chi connectivity index (χ0) is 6.99. The van der Waals surface area contributed by atoms with Gasteiger partial charge < -0.3 is 12.8 Å². The Labute approximate surface area is 85.7 Å². The molecule has 0 spiro atoms. The Balaban J connectivity index is -0.0000000720. The molecule has 0 N–H and O–H groups in total. The molecule has 1 heteroatoms. The summed E-state index contributed by atoms with van der Waals surface area (Å²) in [4.78, 5) is 0. The second-order valence-corrected chi connectivity index (χ2v) is 2.35. The average Bonchev–Trinajstić information content (AvgIpc) is 1.65. The summed E-state index contributed by atoms with van der Waals surface area (Å²) in [7, 11) is 0. The van der Waals surface area contributed by atoms with E-state index in [-0.39, 0.29) is 32.7 Å². The van der Waals surface area contributed by atoms with Gasteiger partial charge in [0.25, 0.3) is 0 Å². The molecule has 0 saturated heterocycles. The van der Waals surface area contributed by atoms with Gasteiger partial charge in [0.1, 0.15) is 0 Å². The minimum Gasteiger partial charge on any atom is -0.343 e. The summed E-state index contributed by atoms with van der Waals surface area (Å²) in [5.41, 5.74) is 0. The van der Waals surface area contributed by atoms with Crippen LogP contribution in [0.15, 0.2) is 0 Å². The third-order valence-electron chi connectivity index (χ3n) is 0.354. The normalized spacial score (nSPS) is 7.33. The predicted octanol–water partition coefficient (Wildman–Crippen LogP) is 3.24. The molecular formula is C8H18Y-2. The van der Waals surface area contributed by atoms with Crippen molar-refractivity contribution in [1.82, 2.24) is 0 Å². The molecule has 0 aliphatic heterocycles. The molecule has 0 heterocycles. The third kappa shape index (κ3) is 104. The van der Waals surface area contributed by atoms with Crippen LogP contribution in [0, 0.1) is 12.8 Å². The molecule has 0 aromatic heterocycles.